The number of aromatic nitrogens is 1. The summed E-state index contributed by atoms with van der Waals surface area (Å²) in [5, 5.41) is 15.3. The van der Waals surface area contributed by atoms with Gasteiger partial charge in [-0.25, -0.2) is 0 Å². The van der Waals surface area contributed by atoms with Gasteiger partial charge in [0.2, 0.25) is 0 Å². The molecule has 0 radical (unpaired) electrons. The number of aliphatic hydroxyl groups is 1. The van der Waals surface area contributed by atoms with Crippen LogP contribution in [0.15, 0.2) is 23.2 Å². The van der Waals surface area contributed by atoms with Gasteiger partial charge in [0.05, 0.1) is 6.10 Å². The molecular formula is C9H11IN2O3. The van der Waals surface area contributed by atoms with Crippen molar-refractivity contribution in [2.45, 2.75) is 12.5 Å². The molecule has 82 valence electrons. The Kier molecular flexibility index (Phi) is 4.76. The zero-order chi connectivity index (χ0) is 11.3. The lowest BCUT2D eigenvalue weighted by Gasteiger charge is -2.05. The number of hydrogen-bond acceptors (Lipinski definition) is 4. The third kappa shape index (κ3) is 4.00. The van der Waals surface area contributed by atoms with Gasteiger partial charge in [0.1, 0.15) is 0 Å². The maximum absolute atomic E-state index is 11.4. The molecule has 2 N–H and O–H groups in total. The predicted molar refractivity (Wildman–Crippen MR) is 62.4 cm³/mol. The fraction of sp³-hybridized carbons (Fsp3) is 0.333. The molecule has 0 aromatic carbocycles. The molecule has 5 nitrogen and oxygen atoms in total. The van der Waals surface area contributed by atoms with Gasteiger partial charge in [-0.05, 0) is 6.42 Å². The van der Waals surface area contributed by atoms with E-state index >= 15 is 0 Å². The number of rotatable bonds is 5. The molecule has 1 amide bonds. The summed E-state index contributed by atoms with van der Waals surface area (Å²) in [4.78, 5) is 11.4. The monoisotopic (exact) mass is 322 g/mol. The van der Waals surface area contributed by atoms with Crippen molar-refractivity contribution < 1.29 is 14.4 Å². The Labute approximate surface area is 101 Å². The van der Waals surface area contributed by atoms with Gasteiger partial charge < -0.3 is 14.9 Å². The summed E-state index contributed by atoms with van der Waals surface area (Å²) in [7, 11) is 0. The maximum Gasteiger partial charge on any atom is 0.273 e. The smallest absolute Gasteiger partial charge is 0.273 e. The number of carbonyl (C=O) groups excluding carboxylic acids is 1. The van der Waals surface area contributed by atoms with E-state index in [0.717, 1.165) is 0 Å². The van der Waals surface area contributed by atoms with Crippen molar-refractivity contribution in [1.29, 1.82) is 0 Å². The first-order valence-corrected chi connectivity index (χ1v) is 5.42. The van der Waals surface area contributed by atoms with Crippen LogP contribution in [0, 0.1) is 3.77 Å². The molecule has 0 aliphatic carbocycles. The van der Waals surface area contributed by atoms with Crippen LogP contribution in [0.5, 0.6) is 0 Å². The molecule has 0 aliphatic rings. The van der Waals surface area contributed by atoms with Crippen LogP contribution in [-0.2, 0) is 0 Å². The van der Waals surface area contributed by atoms with E-state index in [1.807, 2.05) is 22.6 Å². The van der Waals surface area contributed by atoms with Crippen LogP contribution < -0.4 is 5.32 Å². The Morgan fingerprint density at radius 3 is 3.13 bits per heavy atom. The first kappa shape index (κ1) is 12.2. The molecule has 0 fully saturated rings. The first-order valence-electron chi connectivity index (χ1n) is 4.34. The van der Waals surface area contributed by atoms with Gasteiger partial charge >= 0.3 is 0 Å². The molecule has 1 unspecified atom stereocenters. The van der Waals surface area contributed by atoms with Crippen LogP contribution in [-0.4, -0.2) is 28.8 Å². The van der Waals surface area contributed by atoms with E-state index in [9.17, 15) is 4.79 Å². The normalized spacial score (nSPS) is 12.1. The minimum atomic E-state index is -0.595. The molecule has 0 aliphatic heterocycles. The number of hydrogen-bond donors (Lipinski definition) is 2. The fourth-order valence-corrected chi connectivity index (χ4v) is 1.30. The average molecular weight is 322 g/mol. The molecular weight excluding hydrogens is 311 g/mol. The third-order valence-corrected chi connectivity index (χ3v) is 2.22. The van der Waals surface area contributed by atoms with Gasteiger partial charge in [0, 0.05) is 35.2 Å². The second kappa shape index (κ2) is 5.86. The van der Waals surface area contributed by atoms with Gasteiger partial charge in [0.15, 0.2) is 9.46 Å². The van der Waals surface area contributed by atoms with E-state index in [1.54, 1.807) is 6.07 Å². The van der Waals surface area contributed by atoms with Crippen LogP contribution in [0.25, 0.3) is 0 Å². The lowest BCUT2D eigenvalue weighted by Crippen LogP contribution is -2.26. The highest BCUT2D eigenvalue weighted by atomic mass is 127. The summed E-state index contributed by atoms with van der Waals surface area (Å²) in [5.41, 5.74) is 0.243. The summed E-state index contributed by atoms with van der Waals surface area (Å²) < 4.78 is 5.30. The molecule has 0 bridgehead atoms. The van der Waals surface area contributed by atoms with E-state index in [4.69, 9.17) is 9.63 Å². The number of nitrogens with one attached hydrogen (secondary N) is 1. The van der Waals surface area contributed by atoms with Crippen LogP contribution in [0.4, 0.5) is 0 Å². The van der Waals surface area contributed by atoms with E-state index in [1.165, 1.54) is 6.08 Å². The molecule has 1 rings (SSSR count). The van der Waals surface area contributed by atoms with Gasteiger partial charge in [0.25, 0.3) is 5.91 Å². The SMILES string of the molecule is C=CC(O)CCNC(=O)c1cc(I)on1. The quantitative estimate of drug-likeness (QED) is 0.625. The molecule has 1 aromatic rings. The van der Waals surface area contributed by atoms with Gasteiger partial charge in [-0.2, -0.15) is 0 Å². The number of nitrogens with zero attached hydrogens (tertiary/aromatic N) is 1. The Morgan fingerprint density at radius 2 is 2.60 bits per heavy atom. The highest BCUT2D eigenvalue weighted by Gasteiger charge is 2.10. The van der Waals surface area contributed by atoms with Crippen LogP contribution >= 0.6 is 22.6 Å². The minimum absolute atomic E-state index is 0.243. The van der Waals surface area contributed by atoms with Crippen molar-refractivity contribution in [3.8, 4) is 0 Å². The van der Waals surface area contributed by atoms with Crippen molar-refractivity contribution in [3.63, 3.8) is 0 Å². The summed E-state index contributed by atoms with van der Waals surface area (Å²) >= 11 is 1.93. The molecule has 1 atom stereocenters. The van der Waals surface area contributed by atoms with Crippen LogP contribution in [0.3, 0.4) is 0 Å². The lowest BCUT2D eigenvalue weighted by atomic mass is 10.2. The highest BCUT2D eigenvalue weighted by Crippen LogP contribution is 2.05. The molecule has 1 heterocycles. The topological polar surface area (TPSA) is 75.4 Å². The average Bonchev–Trinajstić information content (AvgIpc) is 2.64. The zero-order valence-electron chi connectivity index (χ0n) is 7.94. The van der Waals surface area contributed by atoms with Crippen molar-refractivity contribution in [2.75, 3.05) is 6.54 Å². The predicted octanol–water partition coefficient (Wildman–Crippen LogP) is 0.946. The summed E-state index contributed by atoms with van der Waals surface area (Å²) in [6.07, 6.45) is 1.26. The van der Waals surface area contributed by atoms with Gasteiger partial charge in [-0.1, -0.05) is 11.2 Å². The van der Waals surface area contributed by atoms with Gasteiger partial charge in [-0.3, -0.25) is 4.79 Å². The second-order valence-electron chi connectivity index (χ2n) is 2.86. The number of halogens is 1. The van der Waals surface area contributed by atoms with Crippen molar-refractivity contribution >= 4 is 28.5 Å². The fourth-order valence-electron chi connectivity index (χ4n) is 0.902. The minimum Gasteiger partial charge on any atom is -0.389 e. The van der Waals surface area contributed by atoms with Crippen LogP contribution in [0.1, 0.15) is 16.9 Å². The molecule has 15 heavy (non-hydrogen) atoms. The lowest BCUT2D eigenvalue weighted by molar-refractivity contribution is 0.0939. The molecule has 0 saturated carbocycles. The van der Waals surface area contributed by atoms with Crippen molar-refractivity contribution in [1.82, 2.24) is 10.5 Å². The highest BCUT2D eigenvalue weighted by molar-refractivity contribution is 14.1. The van der Waals surface area contributed by atoms with E-state index in [0.29, 0.717) is 16.7 Å². The standard InChI is InChI=1S/C9H11IN2O3/c1-2-6(13)3-4-11-9(14)7-5-8(10)15-12-7/h2,5-6,13H,1,3-4H2,(H,11,14). The van der Waals surface area contributed by atoms with Crippen molar-refractivity contribution in [2.24, 2.45) is 0 Å². The molecule has 1 aromatic heterocycles. The summed E-state index contributed by atoms with van der Waals surface area (Å²) in [6, 6.07) is 1.54. The Hall–Kier alpha value is -0.890. The van der Waals surface area contributed by atoms with E-state index in [-0.39, 0.29) is 11.6 Å². The summed E-state index contributed by atoms with van der Waals surface area (Å²) in [6.45, 7) is 3.80. The first-order chi connectivity index (χ1) is 7.13. The maximum atomic E-state index is 11.4. The Morgan fingerprint density at radius 1 is 1.87 bits per heavy atom. The van der Waals surface area contributed by atoms with E-state index in [2.05, 4.69) is 17.1 Å². The second-order valence-corrected chi connectivity index (χ2v) is 3.93. The number of carbonyl (C=O) groups is 1. The largest absolute Gasteiger partial charge is 0.389 e. The van der Waals surface area contributed by atoms with Crippen molar-refractivity contribution in [3.05, 3.63) is 28.2 Å². The van der Waals surface area contributed by atoms with Gasteiger partial charge in [-0.15, -0.1) is 6.58 Å². The molecule has 0 spiro atoms. The number of amides is 1. The number of aliphatic hydroxyl groups excluding tert-OH is 1. The molecule has 0 saturated heterocycles. The van der Waals surface area contributed by atoms with Crippen LogP contribution in [0.2, 0.25) is 0 Å². The molecule has 6 heteroatoms. The van der Waals surface area contributed by atoms with E-state index < -0.39 is 6.10 Å². The zero-order valence-corrected chi connectivity index (χ0v) is 10.1. The Bertz CT molecular complexity index is 351. The Balaban J connectivity index is 2.34. The third-order valence-electron chi connectivity index (χ3n) is 1.71. The summed E-state index contributed by atoms with van der Waals surface area (Å²) in [5.74, 6) is -0.307.